The average molecular weight is 257 g/mol. The Hall–Kier alpha value is -1.94. The predicted octanol–water partition coefficient (Wildman–Crippen LogP) is 2.57. The van der Waals surface area contributed by atoms with Crippen LogP contribution in [0, 0.1) is 0 Å². The Labute approximate surface area is 113 Å². The molecule has 2 rings (SSSR count). The van der Waals surface area contributed by atoms with Gasteiger partial charge in [0.15, 0.2) is 0 Å². The van der Waals surface area contributed by atoms with Gasteiger partial charge in [0, 0.05) is 12.4 Å². The van der Waals surface area contributed by atoms with Gasteiger partial charge in [0.05, 0.1) is 13.2 Å². The maximum Gasteiger partial charge on any atom is 0.149 e. The third-order valence-corrected chi connectivity index (χ3v) is 2.89. The van der Waals surface area contributed by atoms with Crippen LogP contribution in [0.15, 0.2) is 42.7 Å². The Bertz CT molecular complexity index is 485. The summed E-state index contributed by atoms with van der Waals surface area (Å²) in [6.45, 7) is 3.07. The first kappa shape index (κ1) is 13.5. The quantitative estimate of drug-likeness (QED) is 0.864. The molecular formula is C15H19N3O. The van der Waals surface area contributed by atoms with E-state index in [2.05, 4.69) is 22.2 Å². The second-order valence-corrected chi connectivity index (χ2v) is 4.27. The van der Waals surface area contributed by atoms with E-state index >= 15 is 0 Å². The number of ether oxygens (including phenoxy) is 1. The zero-order chi connectivity index (χ0) is 13.5. The summed E-state index contributed by atoms with van der Waals surface area (Å²) in [7, 11) is 1.67. The fraction of sp³-hybridized carbons (Fsp3) is 0.333. The highest BCUT2D eigenvalue weighted by atomic mass is 16.5. The predicted molar refractivity (Wildman–Crippen MR) is 75.2 cm³/mol. The number of aromatic nitrogens is 2. The molecule has 19 heavy (non-hydrogen) atoms. The van der Waals surface area contributed by atoms with Crippen LogP contribution in [0.1, 0.15) is 30.8 Å². The molecule has 0 spiro atoms. The van der Waals surface area contributed by atoms with Gasteiger partial charge in [-0.05, 0) is 36.7 Å². The monoisotopic (exact) mass is 257 g/mol. The first-order valence-corrected chi connectivity index (χ1v) is 6.49. The van der Waals surface area contributed by atoms with Crippen molar-refractivity contribution in [2.24, 2.45) is 0 Å². The number of nitrogens with zero attached hydrogens (tertiary/aromatic N) is 2. The van der Waals surface area contributed by atoms with Crippen molar-refractivity contribution < 1.29 is 4.74 Å². The van der Waals surface area contributed by atoms with Gasteiger partial charge in [0.25, 0.3) is 0 Å². The summed E-state index contributed by atoms with van der Waals surface area (Å²) in [4.78, 5) is 8.69. The lowest BCUT2D eigenvalue weighted by atomic mass is 10.1. The second-order valence-electron chi connectivity index (χ2n) is 4.27. The molecule has 1 heterocycles. The zero-order valence-electron chi connectivity index (χ0n) is 11.3. The molecule has 1 N–H and O–H groups in total. The minimum Gasteiger partial charge on any atom is -0.497 e. The van der Waals surface area contributed by atoms with Crippen LogP contribution in [-0.4, -0.2) is 23.6 Å². The SMILES string of the molecule is CCCNC(c1ccc(OC)cc1)c1ncccn1. The van der Waals surface area contributed by atoms with Crippen LogP contribution in [-0.2, 0) is 0 Å². The molecule has 0 aliphatic rings. The van der Waals surface area contributed by atoms with Gasteiger partial charge in [-0.25, -0.2) is 9.97 Å². The Balaban J connectivity index is 2.26. The lowest BCUT2D eigenvalue weighted by molar-refractivity contribution is 0.414. The molecule has 4 nitrogen and oxygen atoms in total. The minimum absolute atomic E-state index is 0.0204. The summed E-state index contributed by atoms with van der Waals surface area (Å²) >= 11 is 0. The number of hydrogen-bond donors (Lipinski definition) is 1. The van der Waals surface area contributed by atoms with Crippen LogP contribution in [0.4, 0.5) is 0 Å². The lowest BCUT2D eigenvalue weighted by Crippen LogP contribution is -2.24. The number of hydrogen-bond acceptors (Lipinski definition) is 4. The van der Waals surface area contributed by atoms with E-state index < -0.39 is 0 Å². The summed E-state index contributed by atoms with van der Waals surface area (Å²) < 4.78 is 5.18. The van der Waals surface area contributed by atoms with Crippen LogP contribution in [0.5, 0.6) is 5.75 Å². The number of rotatable bonds is 6. The Morgan fingerprint density at radius 2 is 1.84 bits per heavy atom. The van der Waals surface area contributed by atoms with Gasteiger partial charge in [-0.2, -0.15) is 0 Å². The summed E-state index contributed by atoms with van der Waals surface area (Å²) in [6, 6.07) is 9.85. The van der Waals surface area contributed by atoms with Crippen molar-refractivity contribution in [3.05, 3.63) is 54.1 Å². The van der Waals surface area contributed by atoms with Crippen molar-refractivity contribution in [2.75, 3.05) is 13.7 Å². The van der Waals surface area contributed by atoms with E-state index in [0.717, 1.165) is 30.1 Å². The standard InChI is InChI=1S/C15H19N3O/c1-3-9-16-14(15-17-10-4-11-18-15)12-5-7-13(19-2)8-6-12/h4-8,10-11,14,16H,3,9H2,1-2H3. The average Bonchev–Trinajstić information content (AvgIpc) is 2.49. The highest BCUT2D eigenvalue weighted by molar-refractivity contribution is 5.31. The summed E-state index contributed by atoms with van der Waals surface area (Å²) in [6.07, 6.45) is 4.61. The normalized spacial score (nSPS) is 12.1. The molecule has 2 aromatic rings. The Morgan fingerprint density at radius 1 is 1.16 bits per heavy atom. The molecule has 0 fully saturated rings. The molecule has 0 bridgehead atoms. The van der Waals surface area contributed by atoms with Gasteiger partial charge >= 0.3 is 0 Å². The van der Waals surface area contributed by atoms with E-state index in [1.807, 2.05) is 30.3 Å². The van der Waals surface area contributed by atoms with Crippen molar-refractivity contribution >= 4 is 0 Å². The van der Waals surface area contributed by atoms with Gasteiger partial charge in [-0.15, -0.1) is 0 Å². The molecule has 1 unspecified atom stereocenters. The van der Waals surface area contributed by atoms with Crippen LogP contribution in [0.25, 0.3) is 0 Å². The first-order valence-electron chi connectivity index (χ1n) is 6.49. The largest absolute Gasteiger partial charge is 0.497 e. The third-order valence-electron chi connectivity index (χ3n) is 2.89. The molecule has 0 aliphatic carbocycles. The van der Waals surface area contributed by atoms with E-state index in [1.165, 1.54) is 0 Å². The van der Waals surface area contributed by atoms with Crippen molar-refractivity contribution in [3.63, 3.8) is 0 Å². The van der Waals surface area contributed by atoms with Gasteiger partial charge < -0.3 is 10.1 Å². The number of nitrogens with one attached hydrogen (secondary N) is 1. The maximum absolute atomic E-state index is 5.18. The minimum atomic E-state index is 0.0204. The Kier molecular flexibility index (Phi) is 4.86. The fourth-order valence-electron chi connectivity index (χ4n) is 1.90. The molecule has 1 atom stereocenters. The van der Waals surface area contributed by atoms with E-state index in [1.54, 1.807) is 19.5 Å². The molecule has 0 aliphatic heterocycles. The van der Waals surface area contributed by atoms with E-state index in [9.17, 15) is 0 Å². The first-order chi connectivity index (χ1) is 9.35. The van der Waals surface area contributed by atoms with E-state index in [-0.39, 0.29) is 6.04 Å². The highest BCUT2D eigenvalue weighted by Crippen LogP contribution is 2.21. The molecule has 4 heteroatoms. The van der Waals surface area contributed by atoms with Crippen molar-refractivity contribution in [2.45, 2.75) is 19.4 Å². The third kappa shape index (κ3) is 3.51. The summed E-state index contributed by atoms with van der Waals surface area (Å²) in [5, 5.41) is 3.47. The highest BCUT2D eigenvalue weighted by Gasteiger charge is 2.15. The van der Waals surface area contributed by atoms with E-state index in [0.29, 0.717) is 0 Å². The molecular weight excluding hydrogens is 238 g/mol. The molecule has 1 aromatic carbocycles. The van der Waals surface area contributed by atoms with Gasteiger partial charge in [0.1, 0.15) is 11.6 Å². The molecule has 100 valence electrons. The molecule has 0 radical (unpaired) electrons. The van der Waals surface area contributed by atoms with Crippen molar-refractivity contribution in [1.82, 2.24) is 15.3 Å². The lowest BCUT2D eigenvalue weighted by Gasteiger charge is -2.17. The second kappa shape index (κ2) is 6.85. The van der Waals surface area contributed by atoms with Gasteiger partial charge in [-0.3, -0.25) is 0 Å². The molecule has 0 saturated carbocycles. The summed E-state index contributed by atoms with van der Waals surface area (Å²) in [5.41, 5.74) is 1.14. The molecule has 0 amide bonds. The van der Waals surface area contributed by atoms with Gasteiger partial charge in [0.2, 0.25) is 0 Å². The Morgan fingerprint density at radius 3 is 2.42 bits per heavy atom. The molecule has 1 aromatic heterocycles. The topological polar surface area (TPSA) is 47.0 Å². The number of benzene rings is 1. The molecule has 0 saturated heterocycles. The smallest absolute Gasteiger partial charge is 0.149 e. The van der Waals surface area contributed by atoms with Crippen LogP contribution in [0.2, 0.25) is 0 Å². The zero-order valence-corrected chi connectivity index (χ0v) is 11.3. The number of methoxy groups -OCH3 is 1. The van der Waals surface area contributed by atoms with E-state index in [4.69, 9.17) is 4.74 Å². The fourth-order valence-corrected chi connectivity index (χ4v) is 1.90. The van der Waals surface area contributed by atoms with Gasteiger partial charge in [-0.1, -0.05) is 19.1 Å². The van der Waals surface area contributed by atoms with Crippen LogP contribution < -0.4 is 10.1 Å². The summed E-state index contributed by atoms with van der Waals surface area (Å²) in [5.74, 6) is 1.65. The van der Waals surface area contributed by atoms with Crippen molar-refractivity contribution in [1.29, 1.82) is 0 Å². The van der Waals surface area contributed by atoms with Crippen molar-refractivity contribution in [3.8, 4) is 5.75 Å². The van der Waals surface area contributed by atoms with Crippen LogP contribution in [0.3, 0.4) is 0 Å². The van der Waals surface area contributed by atoms with Crippen LogP contribution >= 0.6 is 0 Å². The maximum atomic E-state index is 5.18.